The van der Waals surface area contributed by atoms with E-state index in [0.29, 0.717) is 17.8 Å². The number of aromatic amines is 2. The van der Waals surface area contributed by atoms with Crippen LogP contribution in [0.25, 0.3) is 0 Å². The molecule has 0 aliphatic rings. The Labute approximate surface area is 99.1 Å². The van der Waals surface area contributed by atoms with Crippen molar-refractivity contribution in [1.29, 1.82) is 0 Å². The van der Waals surface area contributed by atoms with Gasteiger partial charge in [0.2, 0.25) is 0 Å². The monoisotopic (exact) mass is 230 g/mol. The molecular weight excluding hydrogens is 216 g/mol. The number of aromatic nitrogens is 2. The Morgan fingerprint density at radius 2 is 1.53 bits per heavy atom. The lowest BCUT2D eigenvalue weighted by Crippen LogP contribution is -2.24. The van der Waals surface area contributed by atoms with Crippen molar-refractivity contribution in [3.8, 4) is 0 Å². The second kappa shape index (κ2) is 4.82. The van der Waals surface area contributed by atoms with Gasteiger partial charge in [0.25, 0.3) is 0 Å². The average molecular weight is 230 g/mol. The molecule has 0 radical (unpaired) electrons. The van der Waals surface area contributed by atoms with E-state index in [1.165, 1.54) is 0 Å². The predicted octanol–water partition coefficient (Wildman–Crippen LogP) is 2.43. The van der Waals surface area contributed by atoms with Gasteiger partial charge in [0.05, 0.1) is 17.3 Å². The highest BCUT2D eigenvalue weighted by Crippen LogP contribution is 2.16. The zero-order chi connectivity index (χ0) is 12.3. The number of rotatable bonds is 5. The van der Waals surface area contributed by atoms with E-state index in [-0.39, 0.29) is 11.6 Å². The first-order valence-corrected chi connectivity index (χ1v) is 5.59. The van der Waals surface area contributed by atoms with Gasteiger partial charge in [-0.2, -0.15) is 0 Å². The molecule has 2 rings (SSSR count). The molecule has 0 saturated carbocycles. The summed E-state index contributed by atoms with van der Waals surface area (Å²) in [7, 11) is 0. The summed E-state index contributed by atoms with van der Waals surface area (Å²) in [4.78, 5) is 29.9. The number of carbonyl (C=O) groups is 2. The van der Waals surface area contributed by atoms with Gasteiger partial charge in [-0.3, -0.25) is 9.59 Å². The molecule has 0 aliphatic heterocycles. The van der Waals surface area contributed by atoms with Crippen molar-refractivity contribution in [2.45, 2.75) is 13.3 Å². The van der Waals surface area contributed by atoms with Gasteiger partial charge in [-0.05, 0) is 30.7 Å². The fraction of sp³-hybridized carbons (Fsp3) is 0.231. The second-order valence-electron chi connectivity index (χ2n) is 3.86. The minimum Gasteiger partial charge on any atom is -0.359 e. The summed E-state index contributed by atoms with van der Waals surface area (Å²) in [6.07, 6.45) is 3.86. The van der Waals surface area contributed by atoms with Crippen LogP contribution in [0.15, 0.2) is 36.7 Å². The van der Waals surface area contributed by atoms with E-state index in [1.807, 2.05) is 6.92 Å². The van der Waals surface area contributed by atoms with E-state index in [2.05, 4.69) is 9.97 Å². The zero-order valence-corrected chi connectivity index (χ0v) is 9.57. The number of nitrogens with one attached hydrogen (secondary N) is 2. The number of H-pyrrole nitrogens is 2. The Morgan fingerprint density at radius 3 is 1.82 bits per heavy atom. The summed E-state index contributed by atoms with van der Waals surface area (Å²) in [6.45, 7) is 1.84. The van der Waals surface area contributed by atoms with Crippen molar-refractivity contribution in [3.05, 3.63) is 48.0 Å². The van der Waals surface area contributed by atoms with Gasteiger partial charge in [0.1, 0.15) is 0 Å². The fourth-order valence-electron chi connectivity index (χ4n) is 1.83. The maximum atomic E-state index is 12.1. The molecule has 0 aliphatic carbocycles. The van der Waals surface area contributed by atoms with Crippen LogP contribution in [0.3, 0.4) is 0 Å². The van der Waals surface area contributed by atoms with Crippen LogP contribution in [0, 0.1) is 5.92 Å². The molecular formula is C13H14N2O2. The van der Waals surface area contributed by atoms with Gasteiger partial charge in [0.15, 0.2) is 11.6 Å². The number of hydrogen-bond donors (Lipinski definition) is 2. The summed E-state index contributed by atoms with van der Waals surface area (Å²) < 4.78 is 0. The van der Waals surface area contributed by atoms with E-state index in [9.17, 15) is 9.59 Å². The first-order valence-electron chi connectivity index (χ1n) is 5.59. The van der Waals surface area contributed by atoms with E-state index in [1.54, 1.807) is 36.7 Å². The highest BCUT2D eigenvalue weighted by molar-refractivity contribution is 6.14. The van der Waals surface area contributed by atoms with E-state index >= 15 is 0 Å². The second-order valence-corrected chi connectivity index (χ2v) is 3.86. The molecule has 2 aromatic heterocycles. The predicted molar refractivity (Wildman–Crippen MR) is 64.0 cm³/mol. The topological polar surface area (TPSA) is 65.7 Å². The third-order valence-electron chi connectivity index (χ3n) is 2.77. The Hall–Kier alpha value is -2.10. The molecule has 4 nitrogen and oxygen atoms in total. The van der Waals surface area contributed by atoms with Crippen molar-refractivity contribution >= 4 is 11.6 Å². The molecule has 0 spiro atoms. The lowest BCUT2D eigenvalue weighted by atomic mass is 9.92. The van der Waals surface area contributed by atoms with Gasteiger partial charge in [-0.25, -0.2) is 0 Å². The molecule has 0 fully saturated rings. The molecule has 2 N–H and O–H groups in total. The molecule has 2 aromatic rings. The van der Waals surface area contributed by atoms with Crippen LogP contribution in [-0.2, 0) is 0 Å². The summed E-state index contributed by atoms with van der Waals surface area (Å²) in [6, 6.07) is 6.87. The Kier molecular flexibility index (Phi) is 3.23. The standard InChI is InChI=1S/C13H14N2O2/c1-2-9(12(16)10-5-3-7-14-10)13(17)11-6-4-8-15-11/h3-9,14-15H,2H2,1H3. The molecule has 0 saturated heterocycles. The maximum Gasteiger partial charge on any atom is 0.189 e. The van der Waals surface area contributed by atoms with Crippen LogP contribution >= 0.6 is 0 Å². The smallest absolute Gasteiger partial charge is 0.189 e. The molecule has 0 bridgehead atoms. The quantitative estimate of drug-likeness (QED) is 0.612. The minimum atomic E-state index is -0.618. The Balaban J connectivity index is 2.23. The van der Waals surface area contributed by atoms with E-state index in [0.717, 1.165) is 0 Å². The van der Waals surface area contributed by atoms with Crippen LogP contribution < -0.4 is 0 Å². The highest BCUT2D eigenvalue weighted by Gasteiger charge is 2.27. The van der Waals surface area contributed by atoms with Crippen LogP contribution in [0.5, 0.6) is 0 Å². The summed E-state index contributed by atoms with van der Waals surface area (Å²) in [5, 5.41) is 0. The number of Topliss-reactive ketones (excluding diaryl/α,β-unsaturated/α-hetero) is 2. The van der Waals surface area contributed by atoms with E-state index < -0.39 is 5.92 Å². The van der Waals surface area contributed by atoms with Crippen molar-refractivity contribution in [3.63, 3.8) is 0 Å². The SMILES string of the molecule is CCC(C(=O)c1ccc[nH]1)C(=O)c1ccc[nH]1. The van der Waals surface area contributed by atoms with Gasteiger partial charge in [-0.1, -0.05) is 6.92 Å². The van der Waals surface area contributed by atoms with Crippen LogP contribution in [-0.4, -0.2) is 21.5 Å². The number of hydrogen-bond acceptors (Lipinski definition) is 2. The molecule has 88 valence electrons. The van der Waals surface area contributed by atoms with E-state index in [4.69, 9.17) is 0 Å². The molecule has 0 atom stereocenters. The van der Waals surface area contributed by atoms with Gasteiger partial charge in [-0.15, -0.1) is 0 Å². The molecule has 17 heavy (non-hydrogen) atoms. The van der Waals surface area contributed by atoms with Crippen LogP contribution in [0.4, 0.5) is 0 Å². The first-order chi connectivity index (χ1) is 8.24. The van der Waals surface area contributed by atoms with Gasteiger partial charge < -0.3 is 9.97 Å². The maximum absolute atomic E-state index is 12.1. The third kappa shape index (κ3) is 2.20. The molecule has 0 unspecified atom stereocenters. The average Bonchev–Trinajstić information content (AvgIpc) is 3.03. The van der Waals surface area contributed by atoms with Crippen LogP contribution in [0.1, 0.15) is 34.3 Å². The van der Waals surface area contributed by atoms with Crippen molar-refractivity contribution in [2.75, 3.05) is 0 Å². The summed E-state index contributed by atoms with van der Waals surface area (Å²) >= 11 is 0. The third-order valence-corrected chi connectivity index (χ3v) is 2.77. The van der Waals surface area contributed by atoms with Gasteiger partial charge >= 0.3 is 0 Å². The lowest BCUT2D eigenvalue weighted by Gasteiger charge is -2.10. The molecule has 4 heteroatoms. The number of ketones is 2. The van der Waals surface area contributed by atoms with Crippen LogP contribution in [0.2, 0.25) is 0 Å². The fourth-order valence-corrected chi connectivity index (χ4v) is 1.83. The Bertz CT molecular complexity index is 451. The first kappa shape index (κ1) is 11.4. The van der Waals surface area contributed by atoms with Crippen molar-refractivity contribution < 1.29 is 9.59 Å². The lowest BCUT2D eigenvalue weighted by molar-refractivity contribution is 0.0798. The van der Waals surface area contributed by atoms with Crippen molar-refractivity contribution in [2.24, 2.45) is 5.92 Å². The molecule has 2 heterocycles. The van der Waals surface area contributed by atoms with Crippen molar-refractivity contribution in [1.82, 2.24) is 9.97 Å². The normalized spacial score (nSPS) is 10.7. The number of carbonyl (C=O) groups excluding carboxylic acids is 2. The Morgan fingerprint density at radius 1 is 1.06 bits per heavy atom. The highest BCUT2D eigenvalue weighted by atomic mass is 16.2. The zero-order valence-electron chi connectivity index (χ0n) is 9.57. The largest absolute Gasteiger partial charge is 0.359 e. The van der Waals surface area contributed by atoms with Gasteiger partial charge in [0, 0.05) is 12.4 Å². The minimum absolute atomic E-state index is 0.155. The summed E-state index contributed by atoms with van der Waals surface area (Å²) in [5.74, 6) is -0.929. The summed E-state index contributed by atoms with van der Waals surface area (Å²) in [5.41, 5.74) is 0.966. The molecule has 0 aromatic carbocycles. The molecule has 0 amide bonds.